The van der Waals surface area contributed by atoms with Gasteiger partial charge in [0.2, 0.25) is 0 Å². The van der Waals surface area contributed by atoms with Gasteiger partial charge in [-0.05, 0) is 18.0 Å². The Balaban J connectivity index is 2.41. The monoisotopic (exact) mass is 271 g/mol. The first kappa shape index (κ1) is 10.8. The molecule has 2 rings (SSSR count). The number of hydrogen-bond acceptors (Lipinski definition) is 4. The molecule has 100 valence electrons. The Bertz CT molecular complexity index is 621. The van der Waals surface area contributed by atoms with Crippen LogP contribution in [0.2, 0.25) is 0 Å². The average Bonchev–Trinajstić information content (AvgIpc) is 3.26. The third kappa shape index (κ3) is 2.26. The number of methoxy groups -OCH3 is 1. The Morgan fingerprint density at radius 3 is 2.63 bits per heavy atom. The van der Waals surface area contributed by atoms with E-state index in [1.54, 1.807) is 6.07 Å². The minimum atomic E-state index is -4.65. The van der Waals surface area contributed by atoms with Crippen molar-refractivity contribution in [2.75, 3.05) is 7.11 Å². The maximum Gasteiger partial charge on any atom is 0.442 e. The number of rotatable bonds is 4. The highest BCUT2D eigenvalue weighted by Gasteiger charge is 2.65. The number of benzene rings is 1. The van der Waals surface area contributed by atoms with Crippen LogP contribution in [0.1, 0.15) is 20.3 Å². The molecule has 0 aliphatic carbocycles. The van der Waals surface area contributed by atoms with Crippen LogP contribution in [0.25, 0.3) is 0 Å². The first-order valence-corrected chi connectivity index (χ1v) is 5.20. The normalized spacial score (nSPS) is 20.8. The van der Waals surface area contributed by atoms with Crippen LogP contribution in [0.15, 0.2) is 28.4 Å². The summed E-state index contributed by atoms with van der Waals surface area (Å²) in [6.07, 6.45) is -7.25. The van der Waals surface area contributed by atoms with Crippen LogP contribution in [0.3, 0.4) is 0 Å². The Hall–Kier alpha value is -2.10. The van der Waals surface area contributed by atoms with Crippen molar-refractivity contribution in [1.82, 2.24) is 0 Å². The van der Waals surface area contributed by atoms with Crippen LogP contribution in [-0.4, -0.2) is 13.3 Å². The van der Waals surface area contributed by atoms with Gasteiger partial charge in [0.25, 0.3) is 0 Å². The van der Waals surface area contributed by atoms with Crippen molar-refractivity contribution in [1.29, 1.82) is 5.26 Å². The zero-order valence-electron chi connectivity index (χ0n) is 11.8. The molecule has 1 aromatic carbocycles. The van der Waals surface area contributed by atoms with Crippen molar-refractivity contribution >= 4 is 0 Å². The highest BCUT2D eigenvalue weighted by Crippen LogP contribution is 2.52. The summed E-state index contributed by atoms with van der Waals surface area (Å²) in [4.78, 5) is 0. The van der Waals surface area contributed by atoms with E-state index >= 15 is 0 Å². The molecule has 0 bridgehead atoms. The van der Waals surface area contributed by atoms with Crippen molar-refractivity contribution in [3.63, 3.8) is 0 Å². The number of aryl methyl sites for hydroxylation is 1. The molecule has 1 aliphatic heterocycles. The third-order valence-electron chi connectivity index (χ3n) is 2.67. The number of hydrogen-bond donors (Lipinski definition) is 0. The fourth-order valence-electron chi connectivity index (χ4n) is 1.64. The Morgan fingerprint density at radius 1 is 1.47 bits per heavy atom. The van der Waals surface area contributed by atoms with Gasteiger partial charge in [-0.3, -0.25) is 0 Å². The number of nitrogens with zero attached hydrogens (tertiary/aromatic N) is 3. The molecule has 0 aromatic heterocycles. The van der Waals surface area contributed by atoms with E-state index < -0.39 is 24.6 Å². The second kappa shape index (κ2) is 4.53. The molecular weight excluding hydrogens is 259 g/mol. The summed E-state index contributed by atoms with van der Waals surface area (Å²) in [6, 6.07) is 5.07. The lowest BCUT2D eigenvalue weighted by molar-refractivity contribution is -0.166. The number of alkyl halides is 3. The molecule has 7 heteroatoms. The lowest BCUT2D eigenvalue weighted by Gasteiger charge is -2.16. The molecule has 1 heterocycles. The van der Waals surface area contributed by atoms with Crippen LogP contribution in [0.5, 0.6) is 5.75 Å². The maximum absolute atomic E-state index is 12.9. The number of nitriles is 1. The van der Waals surface area contributed by atoms with E-state index in [1.165, 1.54) is 13.2 Å². The van der Waals surface area contributed by atoms with Gasteiger partial charge >= 0.3 is 11.8 Å². The fraction of sp³-hybridized carbons (Fsp3) is 0.417. The van der Waals surface area contributed by atoms with Gasteiger partial charge in [-0.2, -0.15) is 18.4 Å². The summed E-state index contributed by atoms with van der Waals surface area (Å²) < 4.78 is 58.9. The van der Waals surface area contributed by atoms with Gasteiger partial charge in [0, 0.05) is 14.7 Å². The number of halogens is 3. The summed E-state index contributed by atoms with van der Waals surface area (Å²) in [7, 11) is 1.24. The molecule has 0 spiro atoms. The van der Waals surface area contributed by atoms with Crippen LogP contribution < -0.4 is 4.74 Å². The predicted octanol–water partition coefficient (Wildman–Crippen LogP) is 3.33. The Morgan fingerprint density at radius 2 is 2.16 bits per heavy atom. The maximum atomic E-state index is 12.9. The first-order valence-electron chi connectivity index (χ1n) is 6.35. The molecule has 0 N–H and O–H groups in total. The van der Waals surface area contributed by atoms with E-state index in [-0.39, 0.29) is 16.9 Å². The summed E-state index contributed by atoms with van der Waals surface area (Å²) in [6.45, 7) is 0. The third-order valence-corrected chi connectivity index (χ3v) is 2.67. The zero-order valence-corrected chi connectivity index (χ0v) is 9.77. The van der Waals surface area contributed by atoms with E-state index in [0.29, 0.717) is 0 Å². The van der Waals surface area contributed by atoms with Gasteiger partial charge in [-0.1, -0.05) is 12.1 Å². The van der Waals surface area contributed by atoms with E-state index in [2.05, 4.69) is 10.2 Å². The van der Waals surface area contributed by atoms with Crippen LogP contribution in [0.4, 0.5) is 13.2 Å². The van der Waals surface area contributed by atoms with Gasteiger partial charge < -0.3 is 4.74 Å². The quantitative estimate of drug-likeness (QED) is 0.843. The molecule has 0 saturated heterocycles. The van der Waals surface area contributed by atoms with E-state index in [0.717, 1.165) is 12.1 Å². The largest absolute Gasteiger partial charge is 0.496 e. The topological polar surface area (TPSA) is 57.7 Å². The standard InChI is InChI=1S/C12H10F3N3O/c1-19-10-7-9(5-4-8(10)3-2-6-16)11(17-18-11)12(13,14)15/h4-5,7H,2-3H2,1H3/i2D,3D. The lowest BCUT2D eigenvalue weighted by atomic mass is 9.99. The molecule has 0 saturated carbocycles. The molecular formula is C12H10F3N3O. The molecule has 2 unspecified atom stereocenters. The average molecular weight is 271 g/mol. The lowest BCUT2D eigenvalue weighted by Crippen LogP contribution is -2.30. The van der Waals surface area contributed by atoms with Crippen LogP contribution >= 0.6 is 0 Å². The molecule has 19 heavy (non-hydrogen) atoms. The minimum absolute atomic E-state index is 0.000856. The number of ether oxygens (including phenoxy) is 1. The van der Waals surface area contributed by atoms with Crippen LogP contribution in [0, 0.1) is 11.3 Å². The Kier molecular flexibility index (Phi) is 2.58. The van der Waals surface area contributed by atoms with E-state index in [9.17, 15) is 13.2 Å². The van der Waals surface area contributed by atoms with E-state index in [1.807, 2.05) is 0 Å². The minimum Gasteiger partial charge on any atom is -0.496 e. The highest BCUT2D eigenvalue weighted by molar-refractivity contribution is 5.42. The van der Waals surface area contributed by atoms with Crippen molar-refractivity contribution in [2.45, 2.75) is 24.6 Å². The second-order valence-electron chi connectivity index (χ2n) is 3.79. The van der Waals surface area contributed by atoms with Gasteiger partial charge in [0.1, 0.15) is 5.75 Å². The smallest absolute Gasteiger partial charge is 0.442 e. The highest BCUT2D eigenvalue weighted by atomic mass is 19.4. The van der Waals surface area contributed by atoms with Crippen molar-refractivity contribution in [2.24, 2.45) is 10.2 Å². The van der Waals surface area contributed by atoms with Crippen molar-refractivity contribution < 1.29 is 20.6 Å². The summed E-state index contributed by atoms with van der Waals surface area (Å²) in [5.41, 5.74) is -2.62. The molecule has 1 aliphatic rings. The molecule has 2 atom stereocenters. The van der Waals surface area contributed by atoms with Crippen molar-refractivity contribution in [3.05, 3.63) is 29.3 Å². The Labute approximate surface area is 110 Å². The summed E-state index contributed by atoms with van der Waals surface area (Å²) >= 11 is 0. The van der Waals surface area contributed by atoms with Gasteiger partial charge in [0.15, 0.2) is 0 Å². The predicted molar refractivity (Wildman–Crippen MR) is 59.5 cm³/mol. The summed E-state index contributed by atoms with van der Waals surface area (Å²) in [5, 5.41) is 14.8. The molecule has 1 aromatic rings. The van der Waals surface area contributed by atoms with Gasteiger partial charge in [-0.25, -0.2) is 0 Å². The van der Waals surface area contributed by atoms with Crippen LogP contribution in [-0.2, 0) is 12.1 Å². The molecule has 0 radical (unpaired) electrons. The first-order chi connectivity index (χ1) is 9.76. The van der Waals surface area contributed by atoms with Crippen molar-refractivity contribution in [3.8, 4) is 11.8 Å². The molecule has 0 amide bonds. The van der Waals surface area contributed by atoms with E-state index in [4.69, 9.17) is 12.7 Å². The second-order valence-corrected chi connectivity index (χ2v) is 3.79. The molecule has 0 fully saturated rings. The fourth-order valence-corrected chi connectivity index (χ4v) is 1.64. The van der Waals surface area contributed by atoms with Gasteiger partial charge in [-0.15, -0.1) is 10.2 Å². The zero-order chi connectivity index (χ0) is 15.8. The molecule has 4 nitrogen and oxygen atoms in total. The summed E-state index contributed by atoms with van der Waals surface area (Å²) in [5.74, 6) is 0.000856. The van der Waals surface area contributed by atoms with Gasteiger partial charge in [0.05, 0.1) is 13.2 Å². The SMILES string of the molecule is [2H]C(C#N)C([2H])c1ccc(C2(C(F)(F)F)N=N2)cc1OC.